The summed E-state index contributed by atoms with van der Waals surface area (Å²) in [4.78, 5) is 16.4. The number of hydrogen-bond acceptors (Lipinski definition) is 4. The van der Waals surface area contributed by atoms with Gasteiger partial charge in [0.2, 0.25) is 15.9 Å². The maximum absolute atomic E-state index is 13.7. The number of amides is 1. The normalized spacial score (nSPS) is 11.9. The Labute approximate surface area is 215 Å². The van der Waals surface area contributed by atoms with Crippen LogP contribution in [0.15, 0.2) is 83.1 Å². The van der Waals surface area contributed by atoms with E-state index in [1.165, 1.54) is 16.4 Å². The number of aryl methyl sites for hydroxylation is 1. The Morgan fingerprint density at radius 3 is 2.28 bits per heavy atom. The minimum absolute atomic E-state index is 0.155. The van der Waals surface area contributed by atoms with Crippen molar-refractivity contribution in [1.29, 1.82) is 0 Å². The summed E-state index contributed by atoms with van der Waals surface area (Å²) >= 11 is 1.55. The van der Waals surface area contributed by atoms with E-state index in [0.29, 0.717) is 6.54 Å². The Balaban J connectivity index is 1.63. The monoisotopic (exact) mass is 524 g/mol. The first-order valence-corrected chi connectivity index (χ1v) is 14.0. The Morgan fingerprint density at radius 2 is 1.64 bits per heavy atom. The molecule has 8 heteroatoms. The zero-order chi connectivity index (χ0) is 25.9. The molecule has 4 aromatic rings. The molecule has 36 heavy (non-hydrogen) atoms. The molecule has 0 atom stereocenters. The summed E-state index contributed by atoms with van der Waals surface area (Å²) in [5.74, 6) is -0.664. The summed E-state index contributed by atoms with van der Waals surface area (Å²) in [6.45, 7) is 5.81. The van der Waals surface area contributed by atoms with E-state index in [-0.39, 0.29) is 29.7 Å². The molecule has 0 aliphatic heterocycles. The van der Waals surface area contributed by atoms with Crippen molar-refractivity contribution in [2.24, 2.45) is 0 Å². The average Bonchev–Trinajstić information content (AvgIpc) is 3.26. The van der Waals surface area contributed by atoms with Crippen molar-refractivity contribution < 1.29 is 17.6 Å². The molecule has 0 radical (unpaired) electrons. The first-order chi connectivity index (χ1) is 17.1. The molecule has 0 saturated carbocycles. The fourth-order valence-electron chi connectivity index (χ4n) is 4.02. The second-order valence-corrected chi connectivity index (χ2v) is 11.9. The van der Waals surface area contributed by atoms with Crippen molar-refractivity contribution in [3.8, 4) is 0 Å². The molecule has 0 N–H and O–H groups in total. The van der Waals surface area contributed by atoms with E-state index in [2.05, 4.69) is 0 Å². The van der Waals surface area contributed by atoms with Gasteiger partial charge in [0.25, 0.3) is 0 Å². The number of benzene rings is 3. The van der Waals surface area contributed by atoms with E-state index in [1.54, 1.807) is 60.4 Å². The topological polar surface area (TPSA) is 57.7 Å². The number of sulfonamides is 1. The third-order valence-electron chi connectivity index (χ3n) is 6.14. The zero-order valence-corrected chi connectivity index (χ0v) is 22.2. The molecular formula is C28H29FN2O3S2. The van der Waals surface area contributed by atoms with Crippen LogP contribution in [0.2, 0.25) is 0 Å². The lowest BCUT2D eigenvalue weighted by molar-refractivity contribution is -0.132. The lowest BCUT2D eigenvalue weighted by Crippen LogP contribution is -2.45. The summed E-state index contributed by atoms with van der Waals surface area (Å²) < 4.78 is 42.0. The van der Waals surface area contributed by atoms with Crippen molar-refractivity contribution in [2.45, 2.75) is 44.8 Å². The second-order valence-electron chi connectivity index (χ2n) is 9.06. The minimum atomic E-state index is -3.93. The van der Waals surface area contributed by atoms with Gasteiger partial charge in [-0.1, -0.05) is 42.5 Å². The van der Waals surface area contributed by atoms with Crippen molar-refractivity contribution >= 4 is 38.0 Å². The van der Waals surface area contributed by atoms with Crippen LogP contribution in [0, 0.1) is 12.7 Å². The Hall–Kier alpha value is -3.07. The van der Waals surface area contributed by atoms with E-state index in [0.717, 1.165) is 26.8 Å². The highest BCUT2D eigenvalue weighted by atomic mass is 32.2. The van der Waals surface area contributed by atoms with Crippen LogP contribution in [-0.2, 0) is 27.9 Å². The maximum atomic E-state index is 13.7. The molecule has 0 aliphatic rings. The van der Waals surface area contributed by atoms with Crippen LogP contribution in [-0.4, -0.2) is 36.1 Å². The number of halogens is 1. The molecule has 188 valence electrons. The highest BCUT2D eigenvalue weighted by Gasteiger charge is 2.31. The van der Waals surface area contributed by atoms with Crippen LogP contribution in [0.4, 0.5) is 4.39 Å². The van der Waals surface area contributed by atoms with Crippen molar-refractivity contribution in [2.75, 3.05) is 6.54 Å². The smallest absolute Gasteiger partial charge is 0.243 e. The summed E-state index contributed by atoms with van der Waals surface area (Å²) in [5, 5.41) is 3.73. The SMILES string of the molecule is Cc1ccsc1CN(Cc1ccc(F)cc1)C(=O)CN(C(C)C)S(=O)(=O)c1ccc2ccccc2c1. The molecule has 3 aromatic carbocycles. The number of thiophene rings is 1. The Bertz CT molecular complexity index is 1460. The van der Waals surface area contributed by atoms with Gasteiger partial charge in [0.15, 0.2) is 0 Å². The molecule has 0 bridgehead atoms. The Morgan fingerprint density at radius 1 is 0.944 bits per heavy atom. The summed E-state index contributed by atoms with van der Waals surface area (Å²) in [5.41, 5.74) is 1.84. The highest BCUT2D eigenvalue weighted by Crippen LogP contribution is 2.25. The zero-order valence-electron chi connectivity index (χ0n) is 20.5. The molecule has 5 nitrogen and oxygen atoms in total. The molecular weight excluding hydrogens is 495 g/mol. The number of carbonyl (C=O) groups is 1. The van der Waals surface area contributed by atoms with Gasteiger partial charge in [-0.05, 0) is 78.4 Å². The van der Waals surface area contributed by atoms with Gasteiger partial charge in [-0.25, -0.2) is 12.8 Å². The Kier molecular flexibility index (Phi) is 7.88. The quantitative estimate of drug-likeness (QED) is 0.271. The predicted molar refractivity (Wildman–Crippen MR) is 143 cm³/mol. The standard InChI is InChI=1S/C28H29FN2O3S2/c1-20(2)31(36(33,34)26-13-10-23-6-4-5-7-24(23)16-26)19-28(32)30(18-27-21(3)14-15-35-27)17-22-8-11-25(29)12-9-22/h4-16,20H,17-19H2,1-3H3. The number of rotatable bonds is 9. The molecule has 1 aromatic heterocycles. The molecule has 1 amide bonds. The second kappa shape index (κ2) is 10.9. The maximum Gasteiger partial charge on any atom is 0.243 e. The van der Waals surface area contributed by atoms with Crippen molar-refractivity contribution in [3.63, 3.8) is 0 Å². The van der Waals surface area contributed by atoms with Gasteiger partial charge >= 0.3 is 0 Å². The molecule has 4 rings (SSSR count). The van der Waals surface area contributed by atoms with Gasteiger partial charge in [0.05, 0.1) is 18.0 Å². The van der Waals surface area contributed by atoms with Gasteiger partial charge in [-0.15, -0.1) is 11.3 Å². The van der Waals surface area contributed by atoms with Crippen LogP contribution >= 0.6 is 11.3 Å². The van der Waals surface area contributed by atoms with E-state index >= 15 is 0 Å². The van der Waals surface area contributed by atoms with Crippen LogP contribution in [0.1, 0.15) is 29.9 Å². The van der Waals surface area contributed by atoms with E-state index in [1.807, 2.05) is 42.6 Å². The lowest BCUT2D eigenvalue weighted by atomic mass is 10.1. The third-order valence-corrected chi connectivity index (χ3v) is 9.16. The van der Waals surface area contributed by atoms with Gasteiger partial charge < -0.3 is 4.90 Å². The summed E-state index contributed by atoms with van der Waals surface area (Å²) in [6, 6.07) is 20.1. The van der Waals surface area contributed by atoms with E-state index in [9.17, 15) is 17.6 Å². The van der Waals surface area contributed by atoms with Crippen molar-refractivity contribution in [3.05, 3.63) is 100.0 Å². The number of fused-ring (bicyclic) bond motifs is 1. The highest BCUT2D eigenvalue weighted by molar-refractivity contribution is 7.89. The fraction of sp³-hybridized carbons (Fsp3) is 0.250. The first-order valence-electron chi connectivity index (χ1n) is 11.7. The van der Waals surface area contributed by atoms with Crippen molar-refractivity contribution in [1.82, 2.24) is 9.21 Å². The van der Waals surface area contributed by atoms with Crippen LogP contribution < -0.4 is 0 Å². The van der Waals surface area contributed by atoms with Gasteiger partial charge in [-0.2, -0.15) is 4.31 Å². The molecule has 1 heterocycles. The summed E-state index contributed by atoms with van der Waals surface area (Å²) in [7, 11) is -3.93. The number of hydrogen-bond donors (Lipinski definition) is 0. The lowest BCUT2D eigenvalue weighted by Gasteiger charge is -2.29. The molecule has 0 spiro atoms. The van der Waals surface area contributed by atoms with Crippen LogP contribution in [0.3, 0.4) is 0 Å². The van der Waals surface area contributed by atoms with Gasteiger partial charge in [-0.3, -0.25) is 4.79 Å². The van der Waals surface area contributed by atoms with Crippen LogP contribution in [0.25, 0.3) is 10.8 Å². The van der Waals surface area contributed by atoms with E-state index in [4.69, 9.17) is 0 Å². The van der Waals surface area contributed by atoms with Crippen LogP contribution in [0.5, 0.6) is 0 Å². The molecule has 0 fully saturated rings. The van der Waals surface area contributed by atoms with Gasteiger partial charge in [0, 0.05) is 17.5 Å². The number of carbonyl (C=O) groups excluding carboxylic acids is 1. The minimum Gasteiger partial charge on any atom is -0.332 e. The van der Waals surface area contributed by atoms with E-state index < -0.39 is 16.1 Å². The molecule has 0 aliphatic carbocycles. The summed E-state index contributed by atoms with van der Waals surface area (Å²) in [6.07, 6.45) is 0. The predicted octanol–water partition coefficient (Wildman–Crippen LogP) is 5.98. The fourth-order valence-corrected chi connectivity index (χ4v) is 6.57. The largest absolute Gasteiger partial charge is 0.332 e. The number of nitrogens with zero attached hydrogens (tertiary/aromatic N) is 2. The molecule has 0 unspecified atom stereocenters. The average molecular weight is 525 g/mol. The third kappa shape index (κ3) is 5.83. The first kappa shape index (κ1) is 26.0. The molecule has 0 saturated heterocycles. The van der Waals surface area contributed by atoms with Gasteiger partial charge in [0.1, 0.15) is 5.82 Å².